The highest BCUT2D eigenvalue weighted by Crippen LogP contribution is 2.37. The molecule has 0 saturated heterocycles. The van der Waals surface area contributed by atoms with Gasteiger partial charge in [0.1, 0.15) is 18.8 Å². The zero-order chi connectivity index (χ0) is 20.2. The second kappa shape index (κ2) is 7.90. The first-order valence-electron chi connectivity index (χ1n) is 7.97. The molecule has 0 atom stereocenters. The van der Waals surface area contributed by atoms with E-state index in [2.05, 4.69) is 5.43 Å². The third kappa shape index (κ3) is 4.43. The Morgan fingerprint density at radius 3 is 2.15 bits per heavy atom. The summed E-state index contributed by atoms with van der Waals surface area (Å²) in [5, 5.41) is 11.2. The zero-order valence-corrected chi connectivity index (χ0v) is 15.7. The van der Waals surface area contributed by atoms with Gasteiger partial charge in [0.05, 0.1) is 19.8 Å². The molecule has 1 aromatic rings. The number of rotatable bonds is 4. The minimum atomic E-state index is -0.781. The average molecular weight is 378 g/mol. The molecule has 1 aromatic carbocycles. The molecule has 1 aliphatic heterocycles. The number of phenolic OH excluding ortho intramolecular Hbond substituents is 1. The smallest absolute Gasteiger partial charge is 0.308 e. The van der Waals surface area contributed by atoms with Crippen LogP contribution in [-0.4, -0.2) is 41.7 Å². The van der Waals surface area contributed by atoms with Crippen LogP contribution in [0.5, 0.6) is 17.2 Å². The Morgan fingerprint density at radius 1 is 1.11 bits per heavy atom. The molecule has 1 aliphatic rings. The normalized spacial score (nSPS) is 13.0. The van der Waals surface area contributed by atoms with Crippen molar-refractivity contribution >= 4 is 11.8 Å². The maximum Gasteiger partial charge on any atom is 0.308 e. The van der Waals surface area contributed by atoms with Crippen molar-refractivity contribution in [2.45, 2.75) is 26.3 Å². The summed E-state index contributed by atoms with van der Waals surface area (Å²) in [6.07, 6.45) is 3.58. The zero-order valence-electron chi connectivity index (χ0n) is 15.7. The van der Waals surface area contributed by atoms with Gasteiger partial charge in [-0.2, -0.15) is 0 Å². The van der Waals surface area contributed by atoms with Gasteiger partial charge in [0.2, 0.25) is 11.5 Å². The van der Waals surface area contributed by atoms with Gasteiger partial charge >= 0.3 is 5.91 Å². The Hall–Kier alpha value is -3.36. The maximum absolute atomic E-state index is 13.1. The van der Waals surface area contributed by atoms with Gasteiger partial charge in [-0.05, 0) is 32.9 Å². The molecule has 2 rings (SSSR count). The lowest BCUT2D eigenvalue weighted by Gasteiger charge is -2.35. The Kier molecular flexibility index (Phi) is 5.84. The summed E-state index contributed by atoms with van der Waals surface area (Å²) in [5.74, 6) is -1.42. The maximum atomic E-state index is 13.1. The number of aromatic hydroxyl groups is 1. The summed E-state index contributed by atoms with van der Waals surface area (Å²) in [7, 11) is 2.71. The molecule has 0 aliphatic carbocycles. The van der Waals surface area contributed by atoms with E-state index in [1.807, 2.05) is 0 Å². The molecule has 27 heavy (non-hydrogen) atoms. The van der Waals surface area contributed by atoms with Crippen molar-refractivity contribution in [3.05, 3.63) is 42.2 Å². The molecule has 0 bridgehead atoms. The molecule has 9 nitrogen and oxygen atoms in total. The lowest BCUT2D eigenvalue weighted by atomic mass is 10.1. The van der Waals surface area contributed by atoms with Crippen LogP contribution in [0.25, 0.3) is 0 Å². The van der Waals surface area contributed by atoms with E-state index >= 15 is 0 Å². The van der Waals surface area contributed by atoms with Crippen LogP contribution < -0.4 is 14.9 Å². The summed E-state index contributed by atoms with van der Waals surface area (Å²) < 4.78 is 20.1. The van der Waals surface area contributed by atoms with Crippen LogP contribution in [0, 0.1) is 0 Å². The van der Waals surface area contributed by atoms with Crippen LogP contribution in [0.2, 0.25) is 0 Å². The molecule has 2 N–H and O–H groups in total. The van der Waals surface area contributed by atoms with Crippen LogP contribution in [0.4, 0.5) is 0 Å². The van der Waals surface area contributed by atoms with Crippen molar-refractivity contribution in [3.63, 3.8) is 0 Å². The molecule has 0 saturated carbocycles. The van der Waals surface area contributed by atoms with Crippen molar-refractivity contribution in [2.24, 2.45) is 0 Å². The van der Waals surface area contributed by atoms with E-state index in [0.29, 0.717) is 0 Å². The first-order valence-corrected chi connectivity index (χ1v) is 7.97. The second-order valence-corrected chi connectivity index (χ2v) is 6.49. The topological polar surface area (TPSA) is 107 Å². The second-order valence-electron chi connectivity index (χ2n) is 6.49. The fourth-order valence-corrected chi connectivity index (χ4v) is 2.19. The number of ether oxygens (including phenoxy) is 4. The SMILES string of the molecule is COc1cc(C(=O)N(NC(=O)C2=COC=CO2)C(C)(C)C)cc(OC)c1O. The molecule has 2 amide bonds. The number of nitrogens with one attached hydrogen (secondary N) is 1. The lowest BCUT2D eigenvalue weighted by molar-refractivity contribution is -0.126. The number of carbonyl (C=O) groups is 2. The van der Waals surface area contributed by atoms with Gasteiger partial charge in [0, 0.05) is 5.56 Å². The number of hydrogen-bond donors (Lipinski definition) is 2. The Morgan fingerprint density at radius 2 is 1.70 bits per heavy atom. The van der Waals surface area contributed by atoms with Gasteiger partial charge in [-0.25, -0.2) is 5.01 Å². The predicted molar refractivity (Wildman–Crippen MR) is 94.7 cm³/mol. The number of carbonyl (C=O) groups excluding carboxylic acids is 2. The Bertz CT molecular complexity index is 768. The van der Waals surface area contributed by atoms with Crippen LogP contribution in [0.3, 0.4) is 0 Å². The van der Waals surface area contributed by atoms with E-state index < -0.39 is 17.4 Å². The van der Waals surface area contributed by atoms with E-state index in [0.717, 1.165) is 11.3 Å². The van der Waals surface area contributed by atoms with Crippen molar-refractivity contribution in [2.75, 3.05) is 14.2 Å². The monoisotopic (exact) mass is 378 g/mol. The van der Waals surface area contributed by atoms with Crippen LogP contribution in [0.1, 0.15) is 31.1 Å². The number of hydrazine groups is 1. The van der Waals surface area contributed by atoms with Gasteiger partial charge in [0.25, 0.3) is 5.91 Å². The summed E-state index contributed by atoms with van der Waals surface area (Å²) in [5.41, 5.74) is 1.87. The summed E-state index contributed by atoms with van der Waals surface area (Å²) in [4.78, 5) is 25.5. The summed E-state index contributed by atoms with van der Waals surface area (Å²) in [6, 6.07) is 2.71. The molecular formula is C18H22N2O7. The van der Waals surface area contributed by atoms with Crippen LogP contribution >= 0.6 is 0 Å². The molecule has 0 aromatic heterocycles. The van der Waals surface area contributed by atoms with Crippen LogP contribution in [0.15, 0.2) is 36.7 Å². The first kappa shape index (κ1) is 20.0. The van der Waals surface area contributed by atoms with Crippen molar-refractivity contribution in [3.8, 4) is 17.2 Å². The van der Waals surface area contributed by atoms with Gasteiger partial charge < -0.3 is 24.1 Å². The van der Waals surface area contributed by atoms with Gasteiger partial charge in [-0.15, -0.1) is 0 Å². The third-order valence-corrected chi connectivity index (χ3v) is 3.54. The number of phenols is 1. The van der Waals surface area contributed by atoms with Gasteiger partial charge in [0.15, 0.2) is 11.5 Å². The fraction of sp³-hybridized carbons (Fsp3) is 0.333. The summed E-state index contributed by atoms with van der Waals surface area (Å²) in [6.45, 7) is 5.23. The van der Waals surface area contributed by atoms with E-state index in [9.17, 15) is 14.7 Å². The Labute approximate surface area is 156 Å². The highest BCUT2D eigenvalue weighted by Gasteiger charge is 2.32. The molecule has 0 unspecified atom stereocenters. The summed E-state index contributed by atoms with van der Waals surface area (Å²) >= 11 is 0. The number of hydrogen-bond acceptors (Lipinski definition) is 7. The van der Waals surface area contributed by atoms with E-state index in [1.54, 1.807) is 20.8 Å². The molecule has 0 spiro atoms. The molecule has 146 valence electrons. The van der Waals surface area contributed by atoms with Crippen molar-refractivity contribution in [1.29, 1.82) is 0 Å². The van der Waals surface area contributed by atoms with E-state index in [4.69, 9.17) is 18.9 Å². The third-order valence-electron chi connectivity index (χ3n) is 3.54. The number of benzene rings is 1. The first-order chi connectivity index (χ1) is 12.7. The molecule has 1 heterocycles. The Balaban J connectivity index is 2.35. The molecule has 0 fully saturated rings. The number of nitrogens with zero attached hydrogens (tertiary/aromatic N) is 1. The van der Waals surface area contributed by atoms with Crippen molar-refractivity contribution in [1.82, 2.24) is 10.4 Å². The number of amides is 2. The molecular weight excluding hydrogens is 356 g/mol. The molecule has 9 heteroatoms. The molecule has 0 radical (unpaired) electrons. The number of methoxy groups -OCH3 is 2. The van der Waals surface area contributed by atoms with Gasteiger partial charge in [-0.1, -0.05) is 0 Å². The largest absolute Gasteiger partial charge is 0.502 e. The minimum absolute atomic E-state index is 0.0646. The van der Waals surface area contributed by atoms with Gasteiger partial charge in [-0.3, -0.25) is 15.0 Å². The van der Waals surface area contributed by atoms with Crippen molar-refractivity contribution < 1.29 is 33.6 Å². The predicted octanol–water partition coefficient (Wildman–Crippen LogP) is 2.04. The highest BCUT2D eigenvalue weighted by molar-refractivity contribution is 5.99. The quantitative estimate of drug-likeness (QED) is 0.772. The van der Waals surface area contributed by atoms with E-state index in [-0.39, 0.29) is 28.6 Å². The fourth-order valence-electron chi connectivity index (χ4n) is 2.19. The van der Waals surface area contributed by atoms with Crippen LogP contribution in [-0.2, 0) is 14.3 Å². The highest BCUT2D eigenvalue weighted by atomic mass is 16.5. The minimum Gasteiger partial charge on any atom is -0.502 e. The standard InChI is InChI=1S/C18H22N2O7/c1-18(2,3)20(19-16(22)14-10-26-6-7-27-14)17(23)11-8-12(24-4)15(21)13(9-11)25-5/h6-10,21H,1-5H3,(H,19,22). The van der Waals surface area contributed by atoms with E-state index in [1.165, 1.54) is 38.9 Å². The average Bonchev–Trinajstić information content (AvgIpc) is 2.65. The lowest BCUT2D eigenvalue weighted by Crippen LogP contribution is -2.56.